The maximum atomic E-state index is 11.1. The number of hydrogen-bond donors (Lipinski definition) is 1. The Labute approximate surface area is 108 Å². The van der Waals surface area contributed by atoms with E-state index in [0.717, 1.165) is 5.56 Å². The topological polar surface area (TPSA) is 78.6 Å². The summed E-state index contributed by atoms with van der Waals surface area (Å²) in [4.78, 5) is 0. The zero-order valence-corrected chi connectivity index (χ0v) is 11.7. The molecule has 0 saturated carbocycles. The van der Waals surface area contributed by atoms with Gasteiger partial charge in [-0.25, -0.2) is 8.42 Å². The summed E-state index contributed by atoms with van der Waals surface area (Å²) in [6, 6.07) is 4.96. The van der Waals surface area contributed by atoms with Crippen molar-refractivity contribution >= 4 is 9.84 Å². The molecule has 0 aliphatic rings. The Hall–Kier alpha value is -1.27. The summed E-state index contributed by atoms with van der Waals surface area (Å²) in [5.74, 6) is 1.34. The third-order valence-electron chi connectivity index (χ3n) is 2.60. The van der Waals surface area contributed by atoms with Gasteiger partial charge in [0.15, 0.2) is 0 Å². The number of ether oxygens (including phenoxy) is 2. The van der Waals surface area contributed by atoms with Crippen LogP contribution in [0.5, 0.6) is 11.5 Å². The Morgan fingerprint density at radius 2 is 1.67 bits per heavy atom. The third-order valence-corrected chi connectivity index (χ3v) is 3.58. The SMILES string of the molecule is COc1cc(OC)cc(C(N)CCS(C)(=O)=O)c1. The number of nitrogens with two attached hydrogens (primary N) is 1. The van der Waals surface area contributed by atoms with E-state index in [2.05, 4.69) is 0 Å². The Balaban J connectivity index is 2.87. The molecular formula is C12H19NO4S. The summed E-state index contributed by atoms with van der Waals surface area (Å²) in [7, 11) is 0.111. The average molecular weight is 273 g/mol. The van der Waals surface area contributed by atoms with Crippen LogP contribution in [0.2, 0.25) is 0 Å². The molecule has 0 aromatic heterocycles. The van der Waals surface area contributed by atoms with E-state index in [4.69, 9.17) is 15.2 Å². The zero-order chi connectivity index (χ0) is 13.8. The molecule has 1 aromatic rings. The van der Waals surface area contributed by atoms with Crippen LogP contribution in [0.25, 0.3) is 0 Å². The van der Waals surface area contributed by atoms with Gasteiger partial charge >= 0.3 is 0 Å². The van der Waals surface area contributed by atoms with Crippen molar-refractivity contribution in [1.29, 1.82) is 0 Å². The van der Waals surface area contributed by atoms with Gasteiger partial charge in [0.05, 0.1) is 20.0 Å². The first-order valence-corrected chi connectivity index (χ1v) is 7.58. The van der Waals surface area contributed by atoms with E-state index in [1.54, 1.807) is 32.4 Å². The van der Waals surface area contributed by atoms with Gasteiger partial charge in [-0.3, -0.25) is 0 Å². The van der Waals surface area contributed by atoms with Gasteiger partial charge in [0.25, 0.3) is 0 Å². The van der Waals surface area contributed by atoms with Gasteiger partial charge in [-0.05, 0) is 24.1 Å². The van der Waals surface area contributed by atoms with Crippen molar-refractivity contribution in [2.75, 3.05) is 26.2 Å². The molecule has 18 heavy (non-hydrogen) atoms. The molecule has 0 aliphatic heterocycles. The predicted octanol–water partition coefficient (Wildman–Crippen LogP) is 1.14. The van der Waals surface area contributed by atoms with E-state index in [-0.39, 0.29) is 11.8 Å². The van der Waals surface area contributed by atoms with Crippen LogP contribution in [-0.4, -0.2) is 34.6 Å². The van der Waals surface area contributed by atoms with E-state index in [1.807, 2.05) is 0 Å². The highest BCUT2D eigenvalue weighted by atomic mass is 32.2. The average Bonchev–Trinajstić information content (AvgIpc) is 2.34. The summed E-state index contributed by atoms with van der Waals surface area (Å²) in [5.41, 5.74) is 6.77. The number of rotatable bonds is 6. The molecule has 0 fully saturated rings. The number of hydrogen-bond acceptors (Lipinski definition) is 5. The highest BCUT2D eigenvalue weighted by Crippen LogP contribution is 2.26. The third kappa shape index (κ3) is 4.54. The van der Waals surface area contributed by atoms with E-state index in [9.17, 15) is 8.42 Å². The second kappa shape index (κ2) is 6.06. The summed E-state index contributed by atoms with van der Waals surface area (Å²) in [5, 5.41) is 0. The van der Waals surface area contributed by atoms with Gasteiger partial charge in [0, 0.05) is 18.4 Å². The molecule has 0 saturated heterocycles. The Kier molecular flexibility index (Phi) is 4.98. The summed E-state index contributed by atoms with van der Waals surface area (Å²) < 4.78 is 32.5. The van der Waals surface area contributed by atoms with Gasteiger partial charge in [-0.2, -0.15) is 0 Å². The van der Waals surface area contributed by atoms with Crippen LogP contribution in [0.3, 0.4) is 0 Å². The molecule has 0 spiro atoms. The fourth-order valence-corrected chi connectivity index (χ4v) is 2.23. The van der Waals surface area contributed by atoms with Crippen molar-refractivity contribution in [2.24, 2.45) is 5.73 Å². The lowest BCUT2D eigenvalue weighted by Gasteiger charge is -2.14. The van der Waals surface area contributed by atoms with Crippen molar-refractivity contribution in [3.05, 3.63) is 23.8 Å². The van der Waals surface area contributed by atoms with E-state index < -0.39 is 9.84 Å². The van der Waals surface area contributed by atoms with Gasteiger partial charge in [-0.1, -0.05) is 0 Å². The minimum Gasteiger partial charge on any atom is -0.497 e. The molecule has 102 valence electrons. The zero-order valence-electron chi connectivity index (χ0n) is 10.8. The molecule has 1 unspecified atom stereocenters. The molecule has 1 rings (SSSR count). The monoisotopic (exact) mass is 273 g/mol. The van der Waals surface area contributed by atoms with Crippen LogP contribution in [0, 0.1) is 0 Å². The molecule has 0 heterocycles. The van der Waals surface area contributed by atoms with Crippen LogP contribution in [-0.2, 0) is 9.84 Å². The van der Waals surface area contributed by atoms with Gasteiger partial charge in [0.2, 0.25) is 0 Å². The fourth-order valence-electron chi connectivity index (χ4n) is 1.55. The molecule has 0 amide bonds. The van der Waals surface area contributed by atoms with Crippen LogP contribution < -0.4 is 15.2 Å². The Bertz CT molecular complexity index is 477. The number of sulfone groups is 1. The minimum atomic E-state index is -3.00. The molecule has 2 N–H and O–H groups in total. The van der Waals surface area contributed by atoms with Gasteiger partial charge in [0.1, 0.15) is 21.3 Å². The molecular weight excluding hydrogens is 254 g/mol. The second-order valence-corrected chi connectivity index (χ2v) is 6.43. The lowest BCUT2D eigenvalue weighted by molar-refractivity contribution is 0.392. The molecule has 0 radical (unpaired) electrons. The lowest BCUT2D eigenvalue weighted by Crippen LogP contribution is -2.15. The minimum absolute atomic E-state index is 0.0632. The van der Waals surface area contributed by atoms with Crippen molar-refractivity contribution < 1.29 is 17.9 Å². The van der Waals surface area contributed by atoms with Crippen LogP contribution >= 0.6 is 0 Å². The van der Waals surface area contributed by atoms with Crippen LogP contribution in [0.4, 0.5) is 0 Å². The van der Waals surface area contributed by atoms with Crippen molar-refractivity contribution in [3.63, 3.8) is 0 Å². The standard InChI is InChI=1S/C12H19NO4S/c1-16-10-6-9(7-11(8-10)17-2)12(13)4-5-18(3,14)15/h6-8,12H,4-5,13H2,1-3H3. The summed E-state index contributed by atoms with van der Waals surface area (Å²) >= 11 is 0. The quantitative estimate of drug-likeness (QED) is 0.840. The Morgan fingerprint density at radius 1 is 1.17 bits per heavy atom. The van der Waals surface area contributed by atoms with Crippen LogP contribution in [0.1, 0.15) is 18.0 Å². The normalized spacial score (nSPS) is 13.1. The first-order valence-electron chi connectivity index (χ1n) is 5.52. The Morgan fingerprint density at radius 3 is 2.06 bits per heavy atom. The fraction of sp³-hybridized carbons (Fsp3) is 0.500. The van der Waals surface area contributed by atoms with E-state index in [0.29, 0.717) is 17.9 Å². The highest BCUT2D eigenvalue weighted by Gasteiger charge is 2.12. The maximum absolute atomic E-state index is 11.1. The molecule has 0 bridgehead atoms. The maximum Gasteiger partial charge on any atom is 0.147 e. The van der Waals surface area contributed by atoms with Crippen molar-refractivity contribution in [2.45, 2.75) is 12.5 Å². The molecule has 0 aliphatic carbocycles. The smallest absolute Gasteiger partial charge is 0.147 e. The largest absolute Gasteiger partial charge is 0.497 e. The van der Waals surface area contributed by atoms with Gasteiger partial charge < -0.3 is 15.2 Å². The number of benzene rings is 1. The molecule has 6 heteroatoms. The lowest BCUT2D eigenvalue weighted by atomic mass is 10.0. The second-order valence-electron chi connectivity index (χ2n) is 4.17. The molecule has 1 aromatic carbocycles. The van der Waals surface area contributed by atoms with Crippen molar-refractivity contribution in [3.8, 4) is 11.5 Å². The molecule has 1 atom stereocenters. The predicted molar refractivity (Wildman–Crippen MR) is 70.8 cm³/mol. The molecule has 5 nitrogen and oxygen atoms in total. The first kappa shape index (κ1) is 14.8. The van der Waals surface area contributed by atoms with Crippen molar-refractivity contribution in [1.82, 2.24) is 0 Å². The van der Waals surface area contributed by atoms with Crippen LogP contribution in [0.15, 0.2) is 18.2 Å². The highest BCUT2D eigenvalue weighted by molar-refractivity contribution is 7.90. The summed E-state index contributed by atoms with van der Waals surface area (Å²) in [6.45, 7) is 0. The van der Waals surface area contributed by atoms with Gasteiger partial charge in [-0.15, -0.1) is 0 Å². The summed E-state index contributed by atoms with van der Waals surface area (Å²) in [6.07, 6.45) is 1.57. The van der Waals surface area contributed by atoms with E-state index in [1.165, 1.54) is 6.26 Å². The first-order chi connectivity index (χ1) is 8.35. The number of methoxy groups -OCH3 is 2. The van der Waals surface area contributed by atoms with E-state index >= 15 is 0 Å².